The van der Waals surface area contributed by atoms with Crippen LogP contribution in [0.5, 0.6) is 0 Å². The molecule has 3 N–H and O–H groups in total. The van der Waals surface area contributed by atoms with Crippen LogP contribution in [0.4, 0.5) is 16.3 Å². The van der Waals surface area contributed by atoms with E-state index in [2.05, 4.69) is 21.2 Å². The number of piperidine rings is 1. The van der Waals surface area contributed by atoms with Crippen LogP contribution in [-0.4, -0.2) is 36.8 Å². The first-order chi connectivity index (χ1) is 12.9. The Morgan fingerprint density at radius 3 is 2.37 bits per heavy atom. The fourth-order valence-corrected chi connectivity index (χ4v) is 4.24. The fraction of sp³-hybridized carbons (Fsp3) is 0.333. The number of benzene rings is 1. The standard InChI is InChI=1S/C18H23N5O3S/c1-14-5-7-15(8-6-14)20-18(24)22-21-17-10-9-16(13-19-17)27(25,26)23-11-3-2-4-12-23/h5-10,13H,2-4,11-12H2,1H3,(H,19,21)(H2,20,22,24). The number of nitrogens with zero attached hydrogens (tertiary/aromatic N) is 2. The molecule has 0 aliphatic carbocycles. The van der Waals surface area contributed by atoms with E-state index in [1.165, 1.54) is 22.6 Å². The van der Waals surface area contributed by atoms with Gasteiger partial charge in [-0.3, -0.25) is 10.9 Å². The van der Waals surface area contributed by atoms with Crippen molar-refractivity contribution in [3.8, 4) is 0 Å². The first-order valence-electron chi connectivity index (χ1n) is 8.81. The molecule has 1 aliphatic heterocycles. The van der Waals surface area contributed by atoms with E-state index in [0.717, 1.165) is 24.8 Å². The molecule has 1 aliphatic rings. The molecule has 0 unspecified atom stereocenters. The minimum atomic E-state index is -3.51. The average Bonchev–Trinajstić information content (AvgIpc) is 2.69. The zero-order chi connectivity index (χ0) is 19.3. The Hall–Kier alpha value is -2.65. The van der Waals surface area contributed by atoms with E-state index in [-0.39, 0.29) is 4.90 Å². The van der Waals surface area contributed by atoms with Gasteiger partial charge in [0.05, 0.1) is 0 Å². The predicted molar refractivity (Wildman–Crippen MR) is 104 cm³/mol. The van der Waals surface area contributed by atoms with Gasteiger partial charge in [0.1, 0.15) is 10.7 Å². The van der Waals surface area contributed by atoms with E-state index in [9.17, 15) is 13.2 Å². The molecule has 0 saturated carbocycles. The minimum absolute atomic E-state index is 0.152. The molecule has 0 bridgehead atoms. The van der Waals surface area contributed by atoms with E-state index in [1.54, 1.807) is 12.1 Å². The first-order valence-corrected chi connectivity index (χ1v) is 10.2. The van der Waals surface area contributed by atoms with Gasteiger partial charge >= 0.3 is 6.03 Å². The molecule has 3 rings (SSSR count). The summed E-state index contributed by atoms with van der Waals surface area (Å²) in [4.78, 5) is 16.1. The average molecular weight is 389 g/mol. The number of aromatic nitrogens is 1. The zero-order valence-corrected chi connectivity index (χ0v) is 15.9. The van der Waals surface area contributed by atoms with Gasteiger partial charge < -0.3 is 5.32 Å². The van der Waals surface area contributed by atoms with Gasteiger partial charge in [-0.05, 0) is 44.0 Å². The highest BCUT2D eigenvalue weighted by molar-refractivity contribution is 7.89. The highest BCUT2D eigenvalue weighted by atomic mass is 32.2. The molecule has 1 saturated heterocycles. The lowest BCUT2D eigenvalue weighted by molar-refractivity contribution is 0.254. The van der Waals surface area contributed by atoms with Gasteiger partial charge in [-0.25, -0.2) is 18.2 Å². The van der Waals surface area contributed by atoms with E-state index in [4.69, 9.17) is 0 Å². The highest BCUT2D eigenvalue weighted by Crippen LogP contribution is 2.20. The number of amides is 2. The number of carbonyl (C=O) groups excluding carboxylic acids is 1. The van der Waals surface area contributed by atoms with Crippen LogP contribution in [0.15, 0.2) is 47.5 Å². The van der Waals surface area contributed by atoms with Crippen LogP contribution in [-0.2, 0) is 10.0 Å². The van der Waals surface area contributed by atoms with Crippen molar-refractivity contribution >= 4 is 27.6 Å². The van der Waals surface area contributed by atoms with Crippen molar-refractivity contribution in [2.75, 3.05) is 23.8 Å². The number of rotatable bonds is 5. The summed E-state index contributed by atoms with van der Waals surface area (Å²) >= 11 is 0. The van der Waals surface area contributed by atoms with Crippen LogP contribution in [0.2, 0.25) is 0 Å². The predicted octanol–water partition coefficient (Wildman–Crippen LogP) is 2.71. The summed E-state index contributed by atoms with van der Waals surface area (Å²) in [5.41, 5.74) is 6.88. The fourth-order valence-electron chi connectivity index (χ4n) is 2.78. The lowest BCUT2D eigenvalue weighted by atomic mass is 10.2. The summed E-state index contributed by atoms with van der Waals surface area (Å²) in [5, 5.41) is 2.68. The Morgan fingerprint density at radius 2 is 1.74 bits per heavy atom. The van der Waals surface area contributed by atoms with Gasteiger partial charge in [-0.2, -0.15) is 4.31 Å². The lowest BCUT2D eigenvalue weighted by Gasteiger charge is -2.25. The van der Waals surface area contributed by atoms with Crippen molar-refractivity contribution in [1.29, 1.82) is 0 Å². The second kappa shape index (κ2) is 8.36. The lowest BCUT2D eigenvalue weighted by Crippen LogP contribution is -2.36. The maximum Gasteiger partial charge on any atom is 0.337 e. The second-order valence-electron chi connectivity index (χ2n) is 6.41. The monoisotopic (exact) mass is 389 g/mol. The molecule has 2 aromatic rings. The van der Waals surface area contributed by atoms with Gasteiger partial charge in [0.15, 0.2) is 0 Å². The van der Waals surface area contributed by atoms with E-state index in [1.807, 2.05) is 19.1 Å². The topological polar surface area (TPSA) is 103 Å². The van der Waals surface area contributed by atoms with Crippen LogP contribution < -0.4 is 16.2 Å². The number of nitrogens with one attached hydrogen (secondary N) is 3. The molecule has 1 fully saturated rings. The Bertz CT molecular complexity index is 876. The number of aryl methyl sites for hydroxylation is 1. The molecule has 1 aromatic carbocycles. The third-order valence-corrected chi connectivity index (χ3v) is 6.18. The first kappa shape index (κ1) is 19.1. The normalized spacial score (nSPS) is 15.1. The Morgan fingerprint density at radius 1 is 1.04 bits per heavy atom. The number of sulfonamides is 1. The highest BCUT2D eigenvalue weighted by Gasteiger charge is 2.26. The third kappa shape index (κ3) is 4.95. The molecule has 27 heavy (non-hydrogen) atoms. The van der Waals surface area contributed by atoms with Crippen LogP contribution in [0.25, 0.3) is 0 Å². The number of hydrazine groups is 1. The summed E-state index contributed by atoms with van der Waals surface area (Å²) in [6.07, 6.45) is 4.12. The van der Waals surface area contributed by atoms with Gasteiger partial charge in [0.25, 0.3) is 0 Å². The minimum Gasteiger partial charge on any atom is -0.307 e. The number of hydrogen-bond acceptors (Lipinski definition) is 5. The number of urea groups is 1. The molecule has 2 amide bonds. The molecule has 144 valence electrons. The molecule has 2 heterocycles. The summed E-state index contributed by atoms with van der Waals surface area (Å²) in [7, 11) is -3.51. The van der Waals surface area contributed by atoms with Crippen LogP contribution >= 0.6 is 0 Å². The van der Waals surface area contributed by atoms with Gasteiger partial charge in [0, 0.05) is 25.0 Å². The molecule has 0 spiro atoms. The molecule has 1 aromatic heterocycles. The molecular weight excluding hydrogens is 366 g/mol. The van der Waals surface area contributed by atoms with Crippen LogP contribution in [0.3, 0.4) is 0 Å². The summed E-state index contributed by atoms with van der Waals surface area (Å²) in [6.45, 7) is 3.05. The molecule has 9 heteroatoms. The van der Waals surface area contributed by atoms with Crippen LogP contribution in [0.1, 0.15) is 24.8 Å². The van der Waals surface area contributed by atoms with Crippen molar-refractivity contribution < 1.29 is 13.2 Å². The zero-order valence-electron chi connectivity index (χ0n) is 15.1. The third-order valence-electron chi connectivity index (χ3n) is 4.30. The maximum atomic E-state index is 12.6. The van der Waals surface area contributed by atoms with Crippen molar-refractivity contribution in [3.63, 3.8) is 0 Å². The quantitative estimate of drug-likeness (QED) is 0.682. The largest absolute Gasteiger partial charge is 0.337 e. The van der Waals surface area contributed by atoms with E-state index in [0.29, 0.717) is 24.6 Å². The second-order valence-corrected chi connectivity index (χ2v) is 8.35. The molecule has 0 atom stereocenters. The van der Waals surface area contributed by atoms with Crippen molar-refractivity contribution in [2.24, 2.45) is 0 Å². The van der Waals surface area contributed by atoms with Crippen molar-refractivity contribution in [2.45, 2.75) is 31.1 Å². The SMILES string of the molecule is Cc1ccc(NC(=O)NNc2ccc(S(=O)(=O)N3CCCCC3)cn2)cc1. The van der Waals surface area contributed by atoms with E-state index < -0.39 is 16.1 Å². The summed E-state index contributed by atoms with van der Waals surface area (Å²) in [6, 6.07) is 9.94. The molecular formula is C18H23N5O3S. The Labute approximate surface area is 159 Å². The van der Waals surface area contributed by atoms with Crippen LogP contribution in [0, 0.1) is 6.92 Å². The smallest absolute Gasteiger partial charge is 0.307 e. The Kier molecular flexibility index (Phi) is 5.92. The summed E-state index contributed by atoms with van der Waals surface area (Å²) < 4.78 is 26.6. The van der Waals surface area contributed by atoms with Gasteiger partial charge in [0.2, 0.25) is 10.0 Å². The molecule has 8 nitrogen and oxygen atoms in total. The molecule has 0 radical (unpaired) electrons. The number of anilines is 2. The van der Waals surface area contributed by atoms with Crippen molar-refractivity contribution in [3.05, 3.63) is 48.2 Å². The number of hydrogen-bond donors (Lipinski definition) is 3. The maximum absolute atomic E-state index is 12.6. The Balaban J connectivity index is 1.55. The van der Waals surface area contributed by atoms with Gasteiger partial charge in [-0.1, -0.05) is 24.1 Å². The van der Waals surface area contributed by atoms with E-state index >= 15 is 0 Å². The van der Waals surface area contributed by atoms with Gasteiger partial charge in [-0.15, -0.1) is 0 Å². The number of carbonyl (C=O) groups is 1. The summed E-state index contributed by atoms with van der Waals surface area (Å²) in [5.74, 6) is 0.339. The number of pyridine rings is 1. The van der Waals surface area contributed by atoms with Crippen molar-refractivity contribution in [1.82, 2.24) is 14.7 Å².